The highest BCUT2D eigenvalue weighted by Gasteiger charge is 2.09. The highest BCUT2D eigenvalue weighted by Crippen LogP contribution is 2.08. The first kappa shape index (κ1) is 8.67. The number of nitrogens with zero attached hydrogens (tertiary/aromatic N) is 1. The maximum Gasteiger partial charge on any atom is 0.235 e. The maximum atomic E-state index is 9.73. The summed E-state index contributed by atoms with van der Waals surface area (Å²) in [6.07, 6.45) is 2.28. The van der Waals surface area contributed by atoms with Crippen molar-refractivity contribution in [2.75, 3.05) is 0 Å². The number of halogens is 1. The molecule has 0 aliphatic heterocycles. The molecule has 2 atom stereocenters. The highest BCUT2D eigenvalue weighted by atomic mass is 35.5. The van der Waals surface area contributed by atoms with E-state index in [1.165, 1.54) is 6.08 Å². The van der Waals surface area contributed by atoms with Gasteiger partial charge >= 0.3 is 0 Å². The Labute approximate surface area is 59.9 Å². The van der Waals surface area contributed by atoms with E-state index in [1.54, 1.807) is 0 Å². The van der Waals surface area contributed by atoms with Crippen LogP contribution in [0.1, 0.15) is 20.3 Å². The summed E-state index contributed by atoms with van der Waals surface area (Å²) < 4.78 is 0. The van der Waals surface area contributed by atoms with Crippen molar-refractivity contribution < 1.29 is 4.79 Å². The minimum absolute atomic E-state index is 0.0656. The first-order chi connectivity index (χ1) is 4.22. The number of hydrogen-bond acceptors (Lipinski definition) is 2. The van der Waals surface area contributed by atoms with Crippen LogP contribution in [0.3, 0.4) is 0 Å². The molecule has 0 spiro atoms. The molecule has 0 heterocycles. The summed E-state index contributed by atoms with van der Waals surface area (Å²) in [4.78, 5) is 13.2. The Hall–Kier alpha value is -0.330. The molecule has 0 aromatic heterocycles. The van der Waals surface area contributed by atoms with E-state index < -0.39 is 0 Å². The Bertz CT molecular complexity index is 118. The molecule has 52 valence electrons. The number of aliphatic imine (C=N–C) groups is 1. The lowest BCUT2D eigenvalue weighted by atomic mass is 10.2. The van der Waals surface area contributed by atoms with Crippen molar-refractivity contribution in [2.45, 2.75) is 31.7 Å². The molecular formula is C6H10ClNO. The lowest BCUT2D eigenvalue weighted by molar-refractivity contribution is 0.551. The fourth-order valence-corrected chi connectivity index (χ4v) is 0.821. The summed E-state index contributed by atoms with van der Waals surface area (Å²) in [5, 5.41) is -0.0727. The van der Waals surface area contributed by atoms with Crippen LogP contribution in [0.15, 0.2) is 4.99 Å². The van der Waals surface area contributed by atoms with Crippen LogP contribution in [-0.2, 0) is 4.79 Å². The predicted octanol–water partition coefficient (Wildman–Crippen LogP) is 1.73. The van der Waals surface area contributed by atoms with Crippen molar-refractivity contribution in [3.63, 3.8) is 0 Å². The van der Waals surface area contributed by atoms with Gasteiger partial charge in [-0.15, -0.1) is 11.6 Å². The molecule has 0 aliphatic rings. The fourth-order valence-electron chi connectivity index (χ4n) is 0.586. The summed E-state index contributed by atoms with van der Waals surface area (Å²) in [6, 6.07) is -0.0656. The normalized spacial score (nSPS) is 15.9. The molecular weight excluding hydrogens is 138 g/mol. The van der Waals surface area contributed by atoms with E-state index >= 15 is 0 Å². The van der Waals surface area contributed by atoms with Crippen LogP contribution in [0.25, 0.3) is 0 Å². The maximum absolute atomic E-state index is 9.73. The lowest BCUT2D eigenvalue weighted by Crippen LogP contribution is -2.13. The molecule has 0 bridgehead atoms. The number of alkyl halides is 1. The van der Waals surface area contributed by atoms with Crippen molar-refractivity contribution in [3.8, 4) is 0 Å². The lowest BCUT2D eigenvalue weighted by Gasteiger charge is -2.07. The van der Waals surface area contributed by atoms with Crippen molar-refractivity contribution in [2.24, 2.45) is 4.99 Å². The van der Waals surface area contributed by atoms with E-state index in [-0.39, 0.29) is 11.4 Å². The Morgan fingerprint density at radius 1 is 1.78 bits per heavy atom. The zero-order valence-corrected chi connectivity index (χ0v) is 6.35. The molecule has 0 radical (unpaired) electrons. The largest absolute Gasteiger partial charge is 0.235 e. The van der Waals surface area contributed by atoms with Crippen LogP contribution in [0.5, 0.6) is 0 Å². The summed E-state index contributed by atoms with van der Waals surface area (Å²) in [7, 11) is 0. The minimum atomic E-state index is -0.0727. The third-order valence-electron chi connectivity index (χ3n) is 1.17. The van der Waals surface area contributed by atoms with Crippen LogP contribution in [0.4, 0.5) is 0 Å². The first-order valence-corrected chi connectivity index (χ1v) is 3.37. The molecule has 0 aliphatic carbocycles. The molecule has 0 saturated carbocycles. The van der Waals surface area contributed by atoms with Crippen LogP contribution < -0.4 is 0 Å². The quantitative estimate of drug-likeness (QED) is 0.340. The van der Waals surface area contributed by atoms with Gasteiger partial charge in [0.05, 0.1) is 11.4 Å². The van der Waals surface area contributed by atoms with Crippen molar-refractivity contribution in [1.82, 2.24) is 0 Å². The molecule has 0 amide bonds. The van der Waals surface area contributed by atoms with Gasteiger partial charge in [-0.25, -0.2) is 9.79 Å². The molecule has 1 unspecified atom stereocenters. The first-order valence-electron chi connectivity index (χ1n) is 2.93. The van der Waals surface area contributed by atoms with E-state index in [2.05, 4.69) is 4.99 Å². The van der Waals surface area contributed by atoms with Crippen LogP contribution >= 0.6 is 11.6 Å². The average Bonchev–Trinajstić information content (AvgIpc) is 1.82. The molecule has 0 rings (SSSR count). The van der Waals surface area contributed by atoms with Gasteiger partial charge in [0.15, 0.2) is 0 Å². The average molecular weight is 148 g/mol. The Morgan fingerprint density at radius 2 is 2.33 bits per heavy atom. The summed E-state index contributed by atoms with van der Waals surface area (Å²) >= 11 is 5.65. The Kier molecular flexibility index (Phi) is 4.37. The summed E-state index contributed by atoms with van der Waals surface area (Å²) in [6.45, 7) is 3.75. The zero-order chi connectivity index (χ0) is 7.28. The van der Waals surface area contributed by atoms with Crippen LogP contribution in [-0.4, -0.2) is 17.5 Å². The van der Waals surface area contributed by atoms with Gasteiger partial charge in [0.2, 0.25) is 6.08 Å². The van der Waals surface area contributed by atoms with E-state index in [9.17, 15) is 4.79 Å². The Balaban J connectivity index is 3.82. The second-order valence-electron chi connectivity index (χ2n) is 1.87. The van der Waals surface area contributed by atoms with Gasteiger partial charge in [0.25, 0.3) is 0 Å². The third kappa shape index (κ3) is 3.28. The van der Waals surface area contributed by atoms with Crippen LogP contribution in [0, 0.1) is 0 Å². The standard InChI is InChI=1S/C6H10ClNO/c1-3-6(5(2)7)8-4-9/h5-6H,3H2,1-2H3/t5?,6-/m0/s1. The van der Waals surface area contributed by atoms with Gasteiger partial charge < -0.3 is 0 Å². The monoisotopic (exact) mass is 147 g/mol. The van der Waals surface area contributed by atoms with E-state index in [4.69, 9.17) is 11.6 Å². The van der Waals surface area contributed by atoms with Gasteiger partial charge in [-0.1, -0.05) is 6.92 Å². The van der Waals surface area contributed by atoms with Gasteiger partial charge in [-0.2, -0.15) is 0 Å². The Morgan fingerprint density at radius 3 is 2.44 bits per heavy atom. The smallest absolute Gasteiger partial charge is 0.211 e. The topological polar surface area (TPSA) is 29.4 Å². The van der Waals surface area contributed by atoms with Gasteiger partial charge in [0.1, 0.15) is 0 Å². The highest BCUT2D eigenvalue weighted by molar-refractivity contribution is 6.20. The van der Waals surface area contributed by atoms with Gasteiger partial charge in [-0.05, 0) is 13.3 Å². The SMILES string of the molecule is CC[C@H](N=C=O)C(C)Cl. The second-order valence-corrected chi connectivity index (χ2v) is 2.56. The zero-order valence-electron chi connectivity index (χ0n) is 5.60. The second kappa shape index (κ2) is 4.54. The third-order valence-corrected chi connectivity index (χ3v) is 1.46. The number of isocyanates is 1. The summed E-state index contributed by atoms with van der Waals surface area (Å²) in [5.41, 5.74) is 0. The van der Waals surface area contributed by atoms with Crippen molar-refractivity contribution in [1.29, 1.82) is 0 Å². The van der Waals surface area contributed by atoms with E-state index in [0.717, 1.165) is 6.42 Å². The van der Waals surface area contributed by atoms with E-state index in [1.807, 2.05) is 13.8 Å². The van der Waals surface area contributed by atoms with Crippen molar-refractivity contribution in [3.05, 3.63) is 0 Å². The fraction of sp³-hybridized carbons (Fsp3) is 0.833. The molecule has 0 saturated heterocycles. The van der Waals surface area contributed by atoms with Crippen molar-refractivity contribution >= 4 is 17.7 Å². The van der Waals surface area contributed by atoms with Crippen LogP contribution in [0.2, 0.25) is 0 Å². The predicted molar refractivity (Wildman–Crippen MR) is 37.5 cm³/mol. The number of rotatable bonds is 3. The van der Waals surface area contributed by atoms with Gasteiger partial charge in [-0.3, -0.25) is 0 Å². The minimum Gasteiger partial charge on any atom is -0.211 e. The molecule has 9 heavy (non-hydrogen) atoms. The number of carbonyl (C=O) groups excluding carboxylic acids is 1. The molecule has 0 fully saturated rings. The molecule has 0 aromatic carbocycles. The molecule has 0 N–H and O–H groups in total. The van der Waals surface area contributed by atoms with E-state index in [0.29, 0.717) is 0 Å². The molecule has 2 nitrogen and oxygen atoms in total. The van der Waals surface area contributed by atoms with Gasteiger partial charge in [0, 0.05) is 0 Å². The number of hydrogen-bond donors (Lipinski definition) is 0. The molecule has 3 heteroatoms. The summed E-state index contributed by atoms with van der Waals surface area (Å²) in [5.74, 6) is 0. The molecule has 0 aromatic rings.